The molecule has 1 aliphatic rings. The molecule has 108 valence electrons. The summed E-state index contributed by atoms with van der Waals surface area (Å²) in [5.74, 6) is -0.136. The Hall–Kier alpha value is -1.59. The second-order valence-corrected chi connectivity index (χ2v) is 5.86. The number of nitrogens with one attached hydrogen (secondary N) is 3. The van der Waals surface area contributed by atoms with Crippen molar-refractivity contribution >= 4 is 17.7 Å². The zero-order valence-electron chi connectivity index (χ0n) is 11.8. The van der Waals surface area contributed by atoms with Gasteiger partial charge in [0.1, 0.15) is 0 Å². The van der Waals surface area contributed by atoms with E-state index in [1.165, 1.54) is 0 Å². The minimum Gasteiger partial charge on any atom is -0.355 e. The maximum Gasteiger partial charge on any atom is 0.225 e. The van der Waals surface area contributed by atoms with Gasteiger partial charge in [-0.1, -0.05) is 20.8 Å². The Kier molecular flexibility index (Phi) is 5.32. The molecule has 0 aliphatic carbocycles. The lowest BCUT2D eigenvalue weighted by molar-refractivity contribution is -0.129. The first-order chi connectivity index (χ1) is 8.79. The van der Waals surface area contributed by atoms with Gasteiger partial charge in [0.15, 0.2) is 0 Å². The van der Waals surface area contributed by atoms with Crippen LogP contribution in [0.25, 0.3) is 0 Å². The zero-order valence-corrected chi connectivity index (χ0v) is 11.8. The van der Waals surface area contributed by atoms with Crippen molar-refractivity contribution in [2.24, 2.45) is 5.41 Å². The second kappa shape index (κ2) is 6.54. The number of rotatable bonds is 4. The molecule has 0 radical (unpaired) electrons. The Bertz CT molecular complexity index is 351. The van der Waals surface area contributed by atoms with Gasteiger partial charge in [0.2, 0.25) is 17.7 Å². The normalized spacial score (nSPS) is 19.5. The summed E-state index contributed by atoms with van der Waals surface area (Å²) in [5, 5.41) is 8.28. The van der Waals surface area contributed by atoms with Crippen LogP contribution in [0.1, 0.15) is 40.0 Å². The molecule has 0 aromatic carbocycles. The fraction of sp³-hybridized carbons (Fsp3) is 0.769. The van der Waals surface area contributed by atoms with Gasteiger partial charge in [0.05, 0.1) is 0 Å². The molecule has 6 heteroatoms. The molecule has 0 spiro atoms. The highest BCUT2D eigenvalue weighted by Crippen LogP contribution is 2.12. The van der Waals surface area contributed by atoms with Crippen LogP contribution in [0.5, 0.6) is 0 Å². The SMILES string of the molecule is CC(C)(C)C(=O)NCCC(=O)NC1CCC(=O)NC1. The molecule has 3 amide bonds. The van der Waals surface area contributed by atoms with Crippen molar-refractivity contribution in [1.82, 2.24) is 16.0 Å². The molecule has 0 aromatic heterocycles. The van der Waals surface area contributed by atoms with Gasteiger partial charge in [-0.25, -0.2) is 0 Å². The Morgan fingerprint density at radius 1 is 1.37 bits per heavy atom. The summed E-state index contributed by atoms with van der Waals surface area (Å²) in [6.45, 7) is 6.30. The number of piperidine rings is 1. The number of hydrogen-bond acceptors (Lipinski definition) is 3. The van der Waals surface area contributed by atoms with E-state index >= 15 is 0 Å². The molecule has 19 heavy (non-hydrogen) atoms. The highest BCUT2D eigenvalue weighted by Gasteiger charge is 2.22. The van der Waals surface area contributed by atoms with E-state index in [-0.39, 0.29) is 30.2 Å². The number of carbonyl (C=O) groups excluding carboxylic acids is 3. The van der Waals surface area contributed by atoms with Crippen LogP contribution in [0, 0.1) is 5.41 Å². The van der Waals surface area contributed by atoms with E-state index in [1.54, 1.807) is 0 Å². The molecule has 0 saturated carbocycles. The fourth-order valence-corrected chi connectivity index (χ4v) is 1.71. The van der Waals surface area contributed by atoms with E-state index in [4.69, 9.17) is 0 Å². The highest BCUT2D eigenvalue weighted by molar-refractivity contribution is 5.82. The third-order valence-electron chi connectivity index (χ3n) is 2.95. The fourth-order valence-electron chi connectivity index (χ4n) is 1.71. The van der Waals surface area contributed by atoms with Crippen molar-refractivity contribution in [3.63, 3.8) is 0 Å². The maximum atomic E-state index is 11.6. The molecule has 1 unspecified atom stereocenters. The van der Waals surface area contributed by atoms with Gasteiger partial charge in [0.25, 0.3) is 0 Å². The third-order valence-corrected chi connectivity index (χ3v) is 2.95. The van der Waals surface area contributed by atoms with Crippen LogP contribution >= 0.6 is 0 Å². The van der Waals surface area contributed by atoms with E-state index in [2.05, 4.69) is 16.0 Å². The summed E-state index contributed by atoms with van der Waals surface area (Å²) in [6.07, 6.45) is 1.38. The smallest absolute Gasteiger partial charge is 0.225 e. The molecular formula is C13H23N3O3. The average Bonchev–Trinajstić information content (AvgIpc) is 2.31. The van der Waals surface area contributed by atoms with Crippen LogP contribution in [0.3, 0.4) is 0 Å². The van der Waals surface area contributed by atoms with Crippen LogP contribution in [0.2, 0.25) is 0 Å². The molecule has 1 fully saturated rings. The lowest BCUT2D eigenvalue weighted by atomic mass is 9.96. The zero-order chi connectivity index (χ0) is 14.5. The summed E-state index contributed by atoms with van der Waals surface area (Å²) >= 11 is 0. The molecule has 0 aromatic rings. The van der Waals surface area contributed by atoms with Gasteiger partial charge in [-0.3, -0.25) is 14.4 Å². The quantitative estimate of drug-likeness (QED) is 0.668. The van der Waals surface area contributed by atoms with Gasteiger partial charge in [-0.05, 0) is 6.42 Å². The first-order valence-corrected chi connectivity index (χ1v) is 6.63. The third kappa shape index (κ3) is 5.72. The van der Waals surface area contributed by atoms with E-state index in [0.717, 1.165) is 0 Å². The minimum atomic E-state index is -0.440. The number of carbonyl (C=O) groups is 3. The van der Waals surface area contributed by atoms with Crippen LogP contribution in [0.15, 0.2) is 0 Å². The van der Waals surface area contributed by atoms with Gasteiger partial charge in [-0.2, -0.15) is 0 Å². The van der Waals surface area contributed by atoms with Gasteiger partial charge < -0.3 is 16.0 Å². The number of hydrogen-bond donors (Lipinski definition) is 3. The van der Waals surface area contributed by atoms with E-state index in [1.807, 2.05) is 20.8 Å². The van der Waals surface area contributed by atoms with Gasteiger partial charge >= 0.3 is 0 Å². The van der Waals surface area contributed by atoms with Crippen molar-refractivity contribution in [1.29, 1.82) is 0 Å². The van der Waals surface area contributed by atoms with Crippen LogP contribution in [0.4, 0.5) is 0 Å². The first-order valence-electron chi connectivity index (χ1n) is 6.63. The lowest BCUT2D eigenvalue weighted by Gasteiger charge is -2.23. The predicted molar refractivity (Wildman–Crippen MR) is 71.3 cm³/mol. The Morgan fingerprint density at radius 2 is 2.05 bits per heavy atom. The van der Waals surface area contributed by atoms with Crippen molar-refractivity contribution < 1.29 is 14.4 Å². The summed E-state index contributed by atoms with van der Waals surface area (Å²) < 4.78 is 0. The molecule has 1 aliphatic heterocycles. The maximum absolute atomic E-state index is 11.6. The first kappa shape index (κ1) is 15.5. The van der Waals surface area contributed by atoms with Crippen LogP contribution in [-0.2, 0) is 14.4 Å². The number of amides is 3. The van der Waals surface area contributed by atoms with E-state index in [9.17, 15) is 14.4 Å². The second-order valence-electron chi connectivity index (χ2n) is 5.86. The van der Waals surface area contributed by atoms with Crippen molar-refractivity contribution in [3.8, 4) is 0 Å². The molecule has 0 bridgehead atoms. The summed E-state index contributed by atoms with van der Waals surface area (Å²) in [5.41, 5.74) is -0.440. The minimum absolute atomic E-state index is 0.00326. The Labute approximate surface area is 113 Å². The van der Waals surface area contributed by atoms with Crippen molar-refractivity contribution in [2.75, 3.05) is 13.1 Å². The molecule has 1 rings (SSSR count). The topological polar surface area (TPSA) is 87.3 Å². The molecule has 1 atom stereocenters. The predicted octanol–water partition coefficient (Wildman–Crippen LogP) is -0.0664. The standard InChI is InChI=1S/C13H23N3O3/c1-13(2,3)12(19)14-7-6-11(18)16-9-4-5-10(17)15-8-9/h9H,4-8H2,1-3H3,(H,14,19)(H,15,17)(H,16,18). The lowest BCUT2D eigenvalue weighted by Crippen LogP contribution is -2.48. The van der Waals surface area contributed by atoms with Crippen LogP contribution in [-0.4, -0.2) is 36.9 Å². The molecular weight excluding hydrogens is 246 g/mol. The Balaban J connectivity index is 2.18. The van der Waals surface area contributed by atoms with Gasteiger partial charge in [0, 0.05) is 37.4 Å². The molecule has 1 heterocycles. The molecule has 3 N–H and O–H groups in total. The van der Waals surface area contributed by atoms with E-state index < -0.39 is 5.41 Å². The Morgan fingerprint density at radius 3 is 2.58 bits per heavy atom. The summed E-state index contributed by atoms with van der Waals surface area (Å²) in [4.78, 5) is 34.2. The van der Waals surface area contributed by atoms with Crippen LogP contribution < -0.4 is 16.0 Å². The molecule has 1 saturated heterocycles. The average molecular weight is 269 g/mol. The largest absolute Gasteiger partial charge is 0.355 e. The summed E-state index contributed by atoms with van der Waals surface area (Å²) in [7, 11) is 0. The summed E-state index contributed by atoms with van der Waals surface area (Å²) in [6, 6.07) is 0.00326. The van der Waals surface area contributed by atoms with E-state index in [0.29, 0.717) is 25.9 Å². The highest BCUT2D eigenvalue weighted by atomic mass is 16.2. The van der Waals surface area contributed by atoms with Gasteiger partial charge in [-0.15, -0.1) is 0 Å². The molecule has 6 nitrogen and oxygen atoms in total. The van der Waals surface area contributed by atoms with Crippen molar-refractivity contribution in [2.45, 2.75) is 46.1 Å². The van der Waals surface area contributed by atoms with Crippen molar-refractivity contribution in [3.05, 3.63) is 0 Å². The monoisotopic (exact) mass is 269 g/mol.